The predicted molar refractivity (Wildman–Crippen MR) is 103 cm³/mol. The molecule has 2 aromatic rings. The van der Waals surface area contributed by atoms with Gasteiger partial charge >= 0.3 is 0 Å². The number of amides is 1. The van der Waals surface area contributed by atoms with Crippen molar-refractivity contribution in [2.24, 2.45) is 0 Å². The second-order valence-corrected chi connectivity index (χ2v) is 7.31. The van der Waals surface area contributed by atoms with E-state index in [0.29, 0.717) is 12.3 Å². The van der Waals surface area contributed by atoms with Crippen LogP contribution in [0.5, 0.6) is 0 Å². The molecule has 1 fully saturated rings. The fraction of sp³-hybridized carbons (Fsp3) is 0.350. The summed E-state index contributed by atoms with van der Waals surface area (Å²) in [6, 6.07) is 14.6. The number of morpholine rings is 1. The lowest BCUT2D eigenvalue weighted by Crippen LogP contribution is -2.36. The van der Waals surface area contributed by atoms with Crippen molar-refractivity contribution in [3.8, 4) is 0 Å². The molecule has 0 spiro atoms. The number of carbonyl (C=O) groups is 1. The summed E-state index contributed by atoms with van der Waals surface area (Å²) in [4.78, 5) is 17.2. The summed E-state index contributed by atoms with van der Waals surface area (Å²) in [6.45, 7) is 3.94. The van der Waals surface area contributed by atoms with Crippen molar-refractivity contribution in [1.29, 1.82) is 0 Å². The highest BCUT2D eigenvalue weighted by atomic mass is 32.2. The first kappa shape index (κ1) is 18.7. The average Bonchev–Trinajstić information content (AvgIpc) is 2.68. The molecular formula is C20H23FN2O2S. The van der Waals surface area contributed by atoms with Gasteiger partial charge in [0.05, 0.1) is 19.0 Å². The molecule has 1 saturated heterocycles. The van der Waals surface area contributed by atoms with Crippen LogP contribution in [0.3, 0.4) is 0 Å². The molecule has 1 aliphatic heterocycles. The molecule has 1 amide bonds. The van der Waals surface area contributed by atoms with Gasteiger partial charge in [0.25, 0.3) is 0 Å². The quantitative estimate of drug-likeness (QED) is 0.726. The van der Waals surface area contributed by atoms with Gasteiger partial charge in [-0.3, -0.25) is 4.79 Å². The van der Waals surface area contributed by atoms with Gasteiger partial charge in [-0.15, -0.1) is 11.8 Å². The summed E-state index contributed by atoms with van der Waals surface area (Å²) in [7, 11) is 1.81. The van der Waals surface area contributed by atoms with Crippen LogP contribution in [0.15, 0.2) is 53.4 Å². The van der Waals surface area contributed by atoms with E-state index >= 15 is 0 Å². The average molecular weight is 374 g/mol. The highest BCUT2D eigenvalue weighted by Crippen LogP contribution is 2.20. The summed E-state index contributed by atoms with van der Waals surface area (Å²) < 4.78 is 18.3. The Morgan fingerprint density at radius 3 is 2.42 bits per heavy atom. The van der Waals surface area contributed by atoms with Gasteiger partial charge in [-0.1, -0.05) is 12.1 Å². The van der Waals surface area contributed by atoms with E-state index in [4.69, 9.17) is 4.74 Å². The van der Waals surface area contributed by atoms with Crippen LogP contribution < -0.4 is 4.90 Å². The van der Waals surface area contributed by atoms with Crippen LogP contribution in [0.4, 0.5) is 10.1 Å². The van der Waals surface area contributed by atoms with E-state index in [-0.39, 0.29) is 11.7 Å². The number of benzene rings is 2. The maximum absolute atomic E-state index is 12.9. The molecule has 3 rings (SSSR count). The van der Waals surface area contributed by atoms with Crippen molar-refractivity contribution < 1.29 is 13.9 Å². The zero-order valence-electron chi connectivity index (χ0n) is 14.9. The maximum Gasteiger partial charge on any atom is 0.232 e. The number of nitrogens with zero attached hydrogens (tertiary/aromatic N) is 2. The molecule has 0 aromatic heterocycles. The van der Waals surface area contributed by atoms with Crippen molar-refractivity contribution in [3.05, 3.63) is 59.9 Å². The van der Waals surface area contributed by atoms with E-state index in [9.17, 15) is 9.18 Å². The lowest BCUT2D eigenvalue weighted by molar-refractivity contribution is -0.127. The molecule has 2 aromatic carbocycles. The number of anilines is 1. The zero-order chi connectivity index (χ0) is 18.4. The summed E-state index contributed by atoms with van der Waals surface area (Å²) in [6.07, 6.45) is 0. The number of ether oxygens (including phenoxy) is 1. The number of carbonyl (C=O) groups excluding carboxylic acids is 1. The van der Waals surface area contributed by atoms with Crippen molar-refractivity contribution >= 4 is 23.4 Å². The van der Waals surface area contributed by atoms with Crippen LogP contribution in [0.2, 0.25) is 0 Å². The molecule has 0 bridgehead atoms. The molecule has 1 aliphatic rings. The zero-order valence-corrected chi connectivity index (χ0v) is 15.7. The Hall–Kier alpha value is -2.05. The monoisotopic (exact) mass is 374 g/mol. The summed E-state index contributed by atoms with van der Waals surface area (Å²) in [5, 5.41) is 0. The number of thioether (sulfide) groups is 1. The lowest BCUT2D eigenvalue weighted by atomic mass is 10.2. The van der Waals surface area contributed by atoms with Crippen molar-refractivity contribution in [2.45, 2.75) is 11.4 Å². The molecule has 1 heterocycles. The molecule has 0 aliphatic carbocycles. The third kappa shape index (κ3) is 5.22. The van der Waals surface area contributed by atoms with Crippen LogP contribution in [0.25, 0.3) is 0 Å². The molecule has 0 atom stereocenters. The molecule has 26 heavy (non-hydrogen) atoms. The number of halogens is 1. The third-order valence-electron chi connectivity index (χ3n) is 4.33. The Bertz CT molecular complexity index is 716. The van der Waals surface area contributed by atoms with Crippen LogP contribution in [0.1, 0.15) is 5.56 Å². The predicted octanol–water partition coefficient (Wildman–Crippen LogP) is 3.41. The molecule has 0 radical (unpaired) electrons. The molecule has 0 saturated carbocycles. The summed E-state index contributed by atoms with van der Waals surface area (Å²) in [5.74, 6) is 0.128. The van der Waals surface area contributed by atoms with Gasteiger partial charge in [0.1, 0.15) is 5.82 Å². The van der Waals surface area contributed by atoms with Gasteiger partial charge in [0.15, 0.2) is 0 Å². The standard InChI is InChI=1S/C20H23FN2O2S/c1-22(20(24)15-26-19-8-4-17(21)5-9-19)14-16-2-6-18(7-3-16)23-10-12-25-13-11-23/h2-9H,10-15H2,1H3. The van der Waals surface area contributed by atoms with Gasteiger partial charge in [0.2, 0.25) is 5.91 Å². The largest absolute Gasteiger partial charge is 0.378 e. The second kappa shape index (κ2) is 9.05. The Morgan fingerprint density at radius 2 is 1.77 bits per heavy atom. The third-order valence-corrected chi connectivity index (χ3v) is 5.33. The molecular weight excluding hydrogens is 351 g/mol. The minimum Gasteiger partial charge on any atom is -0.378 e. The SMILES string of the molecule is CN(Cc1ccc(N2CCOCC2)cc1)C(=O)CSc1ccc(F)cc1. The van der Waals surface area contributed by atoms with Gasteiger partial charge in [-0.25, -0.2) is 4.39 Å². The van der Waals surface area contributed by atoms with Gasteiger partial charge in [-0.05, 0) is 42.0 Å². The number of hydrogen-bond donors (Lipinski definition) is 0. The molecule has 4 nitrogen and oxygen atoms in total. The van der Waals surface area contributed by atoms with Gasteiger partial charge in [-0.2, -0.15) is 0 Å². The minimum atomic E-state index is -0.265. The summed E-state index contributed by atoms with van der Waals surface area (Å²) >= 11 is 1.42. The Morgan fingerprint density at radius 1 is 1.12 bits per heavy atom. The maximum atomic E-state index is 12.9. The lowest BCUT2D eigenvalue weighted by Gasteiger charge is -2.29. The van der Waals surface area contributed by atoms with E-state index in [2.05, 4.69) is 29.2 Å². The topological polar surface area (TPSA) is 32.8 Å². The number of hydrogen-bond acceptors (Lipinski definition) is 4. The van der Waals surface area contributed by atoms with E-state index in [1.54, 1.807) is 17.0 Å². The molecule has 0 unspecified atom stereocenters. The minimum absolute atomic E-state index is 0.0524. The van der Waals surface area contributed by atoms with Crippen molar-refractivity contribution in [3.63, 3.8) is 0 Å². The smallest absolute Gasteiger partial charge is 0.232 e. The van der Waals surface area contributed by atoms with Gasteiger partial charge in [0, 0.05) is 37.3 Å². The summed E-state index contributed by atoms with van der Waals surface area (Å²) in [5.41, 5.74) is 2.29. The normalized spacial score (nSPS) is 14.3. The van der Waals surface area contributed by atoms with E-state index in [0.717, 1.165) is 36.8 Å². The fourth-order valence-electron chi connectivity index (χ4n) is 2.78. The Labute approximate surface area is 157 Å². The van der Waals surface area contributed by atoms with Crippen LogP contribution >= 0.6 is 11.8 Å². The Kier molecular flexibility index (Phi) is 6.52. The second-order valence-electron chi connectivity index (χ2n) is 6.26. The number of rotatable bonds is 6. The van der Waals surface area contributed by atoms with E-state index in [1.165, 1.54) is 29.6 Å². The first-order chi connectivity index (χ1) is 12.6. The van der Waals surface area contributed by atoms with E-state index in [1.807, 2.05) is 7.05 Å². The first-order valence-electron chi connectivity index (χ1n) is 8.66. The molecule has 138 valence electrons. The highest BCUT2D eigenvalue weighted by molar-refractivity contribution is 8.00. The highest BCUT2D eigenvalue weighted by Gasteiger charge is 2.13. The first-order valence-corrected chi connectivity index (χ1v) is 9.64. The van der Waals surface area contributed by atoms with Crippen LogP contribution in [0, 0.1) is 5.82 Å². The Balaban J connectivity index is 1.49. The molecule has 6 heteroatoms. The van der Waals surface area contributed by atoms with Gasteiger partial charge < -0.3 is 14.5 Å². The molecule has 0 N–H and O–H groups in total. The van der Waals surface area contributed by atoms with Crippen LogP contribution in [-0.4, -0.2) is 49.9 Å². The van der Waals surface area contributed by atoms with Crippen molar-refractivity contribution in [2.75, 3.05) is 44.0 Å². The van der Waals surface area contributed by atoms with E-state index < -0.39 is 0 Å². The van der Waals surface area contributed by atoms with Crippen LogP contribution in [-0.2, 0) is 16.1 Å². The fourth-order valence-corrected chi connectivity index (χ4v) is 3.62. The van der Waals surface area contributed by atoms with Crippen molar-refractivity contribution in [1.82, 2.24) is 4.90 Å².